The van der Waals surface area contributed by atoms with Gasteiger partial charge in [0.25, 0.3) is 0 Å². The highest BCUT2D eigenvalue weighted by Crippen LogP contribution is 2.26. The normalized spacial score (nSPS) is 32.2. The second kappa shape index (κ2) is 6.28. The summed E-state index contributed by atoms with van der Waals surface area (Å²) in [5, 5.41) is 3.60. The van der Waals surface area contributed by atoms with Gasteiger partial charge in [0, 0.05) is 19.1 Å². The van der Waals surface area contributed by atoms with E-state index >= 15 is 0 Å². The molecule has 1 aromatic rings. The molecule has 20 heavy (non-hydrogen) atoms. The second-order valence-electron chi connectivity index (χ2n) is 6.99. The Bertz CT molecular complexity index is 431. The van der Waals surface area contributed by atoms with Crippen molar-refractivity contribution in [2.75, 3.05) is 26.2 Å². The maximum atomic E-state index is 3.60. The van der Waals surface area contributed by atoms with Crippen LogP contribution >= 0.6 is 0 Å². The summed E-state index contributed by atoms with van der Waals surface area (Å²) in [5.41, 5.74) is 3.17. The predicted octanol–water partition coefficient (Wildman–Crippen LogP) is 2.72. The lowest BCUT2D eigenvalue weighted by atomic mass is 9.86. The van der Waals surface area contributed by atoms with Crippen molar-refractivity contribution < 1.29 is 0 Å². The Labute approximate surface area is 123 Å². The number of nitrogens with zero attached hydrogens (tertiary/aromatic N) is 1. The van der Waals surface area contributed by atoms with Crippen LogP contribution < -0.4 is 5.32 Å². The summed E-state index contributed by atoms with van der Waals surface area (Å²) in [5.74, 6) is 1.53. The average molecular weight is 272 g/mol. The molecule has 2 nitrogen and oxygen atoms in total. The molecule has 1 aromatic carbocycles. The van der Waals surface area contributed by atoms with Gasteiger partial charge in [0.2, 0.25) is 0 Å². The van der Waals surface area contributed by atoms with Gasteiger partial charge in [-0.1, -0.05) is 38.1 Å². The standard InChI is InChI=1S/C18H28N2/c1-14-10-19-11-15(2)13-20(12-14)18-8-7-16-5-3-4-6-17(16)9-18/h3-6,14-15,18-19H,7-13H2,1-2H3. The molecule has 0 bridgehead atoms. The molecule has 110 valence electrons. The monoisotopic (exact) mass is 272 g/mol. The number of hydrogen-bond donors (Lipinski definition) is 1. The van der Waals surface area contributed by atoms with Gasteiger partial charge in [-0.2, -0.15) is 0 Å². The molecule has 3 rings (SSSR count). The summed E-state index contributed by atoms with van der Waals surface area (Å²) in [6.45, 7) is 9.61. The fourth-order valence-corrected chi connectivity index (χ4v) is 3.87. The zero-order chi connectivity index (χ0) is 13.9. The number of nitrogens with one attached hydrogen (secondary N) is 1. The van der Waals surface area contributed by atoms with Crippen molar-refractivity contribution in [3.8, 4) is 0 Å². The van der Waals surface area contributed by atoms with Crippen LogP contribution in [0.15, 0.2) is 24.3 Å². The minimum atomic E-state index is 0.757. The molecule has 1 heterocycles. The van der Waals surface area contributed by atoms with Gasteiger partial charge in [-0.15, -0.1) is 0 Å². The average Bonchev–Trinajstić information content (AvgIpc) is 2.44. The van der Waals surface area contributed by atoms with Crippen molar-refractivity contribution in [2.45, 2.75) is 39.2 Å². The van der Waals surface area contributed by atoms with Crippen LogP contribution in [0.25, 0.3) is 0 Å². The lowest BCUT2D eigenvalue weighted by molar-refractivity contribution is 0.123. The Morgan fingerprint density at radius 3 is 2.35 bits per heavy atom. The third-order valence-electron chi connectivity index (χ3n) is 4.92. The van der Waals surface area contributed by atoms with Crippen molar-refractivity contribution in [3.63, 3.8) is 0 Å². The van der Waals surface area contributed by atoms with E-state index in [9.17, 15) is 0 Å². The van der Waals surface area contributed by atoms with E-state index in [0.29, 0.717) is 0 Å². The van der Waals surface area contributed by atoms with E-state index in [2.05, 4.69) is 48.3 Å². The molecule has 3 atom stereocenters. The van der Waals surface area contributed by atoms with Gasteiger partial charge in [-0.05, 0) is 55.3 Å². The van der Waals surface area contributed by atoms with Gasteiger partial charge >= 0.3 is 0 Å². The van der Waals surface area contributed by atoms with Gasteiger partial charge in [0.15, 0.2) is 0 Å². The highest BCUT2D eigenvalue weighted by atomic mass is 15.2. The topological polar surface area (TPSA) is 15.3 Å². The minimum Gasteiger partial charge on any atom is -0.316 e. The summed E-state index contributed by atoms with van der Waals surface area (Å²) in [6.07, 6.45) is 3.85. The molecule has 2 heteroatoms. The first-order valence-electron chi connectivity index (χ1n) is 8.24. The minimum absolute atomic E-state index is 0.757. The van der Waals surface area contributed by atoms with Crippen molar-refractivity contribution >= 4 is 0 Å². The molecule has 2 aliphatic rings. The lowest BCUT2D eigenvalue weighted by Gasteiger charge is -2.39. The first-order chi connectivity index (χ1) is 9.72. The van der Waals surface area contributed by atoms with E-state index in [0.717, 1.165) is 17.9 Å². The van der Waals surface area contributed by atoms with Gasteiger partial charge < -0.3 is 5.32 Å². The third kappa shape index (κ3) is 3.24. The molecular weight excluding hydrogens is 244 g/mol. The van der Waals surface area contributed by atoms with E-state index in [-0.39, 0.29) is 0 Å². The quantitative estimate of drug-likeness (QED) is 0.845. The van der Waals surface area contributed by atoms with Crippen LogP contribution in [0.3, 0.4) is 0 Å². The summed E-state index contributed by atoms with van der Waals surface area (Å²) >= 11 is 0. The van der Waals surface area contributed by atoms with Crippen LogP contribution in [-0.2, 0) is 12.8 Å². The summed E-state index contributed by atoms with van der Waals surface area (Å²) in [6, 6.07) is 9.79. The van der Waals surface area contributed by atoms with Crippen LogP contribution in [0, 0.1) is 11.8 Å². The Morgan fingerprint density at radius 1 is 1.00 bits per heavy atom. The summed E-state index contributed by atoms with van der Waals surface area (Å²) in [4.78, 5) is 2.78. The fraction of sp³-hybridized carbons (Fsp3) is 0.667. The van der Waals surface area contributed by atoms with Crippen LogP contribution in [-0.4, -0.2) is 37.1 Å². The molecule has 0 radical (unpaired) electrons. The van der Waals surface area contributed by atoms with E-state index in [4.69, 9.17) is 0 Å². The molecule has 0 amide bonds. The van der Waals surface area contributed by atoms with Crippen LogP contribution in [0.1, 0.15) is 31.4 Å². The van der Waals surface area contributed by atoms with E-state index < -0.39 is 0 Å². The van der Waals surface area contributed by atoms with Gasteiger partial charge in [0.1, 0.15) is 0 Å². The van der Waals surface area contributed by atoms with Crippen LogP contribution in [0.4, 0.5) is 0 Å². The third-order valence-corrected chi connectivity index (χ3v) is 4.92. The van der Waals surface area contributed by atoms with Gasteiger partial charge in [-0.25, -0.2) is 0 Å². The maximum absolute atomic E-state index is 3.60. The Kier molecular flexibility index (Phi) is 4.42. The summed E-state index contributed by atoms with van der Waals surface area (Å²) < 4.78 is 0. The first-order valence-corrected chi connectivity index (χ1v) is 8.24. The molecular formula is C18H28N2. The van der Waals surface area contributed by atoms with Crippen LogP contribution in [0.5, 0.6) is 0 Å². The molecule has 1 saturated heterocycles. The van der Waals surface area contributed by atoms with E-state index in [1.807, 2.05) is 0 Å². The zero-order valence-electron chi connectivity index (χ0n) is 12.9. The molecule has 1 aliphatic carbocycles. The smallest absolute Gasteiger partial charge is 0.0139 e. The zero-order valence-corrected chi connectivity index (χ0v) is 12.9. The molecule has 1 N–H and O–H groups in total. The van der Waals surface area contributed by atoms with Crippen molar-refractivity contribution in [1.82, 2.24) is 10.2 Å². The van der Waals surface area contributed by atoms with Crippen molar-refractivity contribution in [1.29, 1.82) is 0 Å². The first kappa shape index (κ1) is 14.1. The molecule has 1 aliphatic heterocycles. The summed E-state index contributed by atoms with van der Waals surface area (Å²) in [7, 11) is 0. The second-order valence-corrected chi connectivity index (χ2v) is 6.99. The molecule has 1 fully saturated rings. The van der Waals surface area contributed by atoms with Crippen molar-refractivity contribution in [2.24, 2.45) is 11.8 Å². The molecule has 0 aromatic heterocycles. The van der Waals surface area contributed by atoms with Crippen molar-refractivity contribution in [3.05, 3.63) is 35.4 Å². The maximum Gasteiger partial charge on any atom is 0.0139 e. The Hall–Kier alpha value is -0.860. The SMILES string of the molecule is CC1CNCC(C)CN(C2CCc3ccccc3C2)C1. The molecule has 0 spiro atoms. The van der Waals surface area contributed by atoms with E-state index in [1.54, 1.807) is 11.1 Å². The molecule has 3 unspecified atom stereocenters. The predicted molar refractivity (Wildman–Crippen MR) is 85.0 cm³/mol. The molecule has 0 saturated carbocycles. The number of rotatable bonds is 1. The number of fused-ring (bicyclic) bond motifs is 1. The fourth-order valence-electron chi connectivity index (χ4n) is 3.87. The Balaban J connectivity index is 1.71. The van der Waals surface area contributed by atoms with Gasteiger partial charge in [0.05, 0.1) is 0 Å². The van der Waals surface area contributed by atoms with Gasteiger partial charge in [-0.3, -0.25) is 4.90 Å². The number of hydrogen-bond acceptors (Lipinski definition) is 2. The number of benzene rings is 1. The van der Waals surface area contributed by atoms with E-state index in [1.165, 1.54) is 45.4 Å². The highest BCUT2D eigenvalue weighted by molar-refractivity contribution is 5.30. The largest absolute Gasteiger partial charge is 0.316 e. The Morgan fingerprint density at radius 2 is 1.65 bits per heavy atom. The van der Waals surface area contributed by atoms with Crippen LogP contribution in [0.2, 0.25) is 0 Å². The lowest BCUT2D eigenvalue weighted by Crippen LogP contribution is -2.48. The highest BCUT2D eigenvalue weighted by Gasteiger charge is 2.27. The number of aryl methyl sites for hydroxylation is 1.